The zero-order valence-corrected chi connectivity index (χ0v) is 11.1. The van der Waals surface area contributed by atoms with Gasteiger partial charge in [-0.3, -0.25) is 10.1 Å². The summed E-state index contributed by atoms with van der Waals surface area (Å²) in [5, 5.41) is 10.9. The van der Waals surface area contributed by atoms with E-state index in [1.807, 2.05) is 10.9 Å². The largest absolute Gasteiger partial charge is 0.490 e. The zero-order chi connectivity index (χ0) is 14.5. The predicted molar refractivity (Wildman–Crippen MR) is 76.3 cm³/mol. The number of ether oxygens (including phenoxy) is 1. The Balaban J connectivity index is 2.22. The van der Waals surface area contributed by atoms with E-state index in [-0.39, 0.29) is 11.4 Å². The average Bonchev–Trinajstić information content (AvgIpc) is 2.47. The molecule has 0 aliphatic carbocycles. The lowest BCUT2D eigenvalue weighted by Crippen LogP contribution is -2.32. The molecule has 0 unspecified atom stereocenters. The van der Waals surface area contributed by atoms with Crippen molar-refractivity contribution in [3.05, 3.63) is 40.0 Å². The molecule has 0 aromatic heterocycles. The minimum Gasteiger partial charge on any atom is -0.490 e. The fraction of sp³-hybridized carbons (Fsp3) is 0.308. The molecule has 0 saturated heterocycles. The molecule has 1 aliphatic heterocycles. The summed E-state index contributed by atoms with van der Waals surface area (Å²) >= 11 is 0. The molecule has 0 amide bonds. The summed E-state index contributed by atoms with van der Waals surface area (Å²) in [5.74, 6) is 0.260. The van der Waals surface area contributed by atoms with Crippen molar-refractivity contribution in [2.24, 2.45) is 0 Å². The third-order valence-electron chi connectivity index (χ3n) is 3.26. The van der Waals surface area contributed by atoms with Gasteiger partial charge in [-0.1, -0.05) is 6.08 Å². The minimum atomic E-state index is -0.460. The number of hydrogen-bond acceptors (Lipinski definition) is 5. The number of benzene rings is 1. The molecule has 2 rings (SSSR count). The van der Waals surface area contributed by atoms with E-state index in [0.29, 0.717) is 6.54 Å². The second-order valence-electron chi connectivity index (χ2n) is 4.40. The van der Waals surface area contributed by atoms with Crippen molar-refractivity contribution in [3.8, 4) is 5.75 Å². The van der Waals surface area contributed by atoms with Crippen molar-refractivity contribution >= 4 is 24.9 Å². The van der Waals surface area contributed by atoms with Crippen LogP contribution in [0.25, 0.3) is 5.57 Å². The fourth-order valence-electron chi connectivity index (χ4n) is 2.20. The number of rotatable bonds is 5. The highest BCUT2D eigenvalue weighted by Gasteiger charge is 2.18. The van der Waals surface area contributed by atoms with Gasteiger partial charge in [0.1, 0.15) is 0 Å². The van der Waals surface area contributed by atoms with E-state index in [2.05, 4.69) is 0 Å². The molecule has 0 saturated carbocycles. The topological polar surface area (TPSA) is 72.7 Å². The highest BCUT2D eigenvalue weighted by Crippen LogP contribution is 2.32. The van der Waals surface area contributed by atoms with Crippen molar-refractivity contribution in [2.75, 3.05) is 20.2 Å². The van der Waals surface area contributed by atoms with E-state index in [4.69, 9.17) is 4.74 Å². The highest BCUT2D eigenvalue weighted by atomic mass is 16.6. The number of carbonyl (C=O) groups excluding carboxylic acids is 1. The molecule has 0 bridgehead atoms. The Bertz CT molecular complexity index is 559. The number of nitrogens with zero attached hydrogens (tertiary/aromatic N) is 2. The average molecular weight is 273 g/mol. The van der Waals surface area contributed by atoms with Gasteiger partial charge in [0.15, 0.2) is 5.75 Å². The monoisotopic (exact) mass is 273 g/mol. The molecular weight excluding hydrogens is 259 g/mol. The maximum absolute atomic E-state index is 10.9. The number of carbonyl (C=O) groups is 1. The Labute approximate surface area is 117 Å². The smallest absolute Gasteiger partial charge is 0.310 e. The molecule has 0 fully saturated rings. The summed E-state index contributed by atoms with van der Waals surface area (Å²) in [4.78, 5) is 22.7. The quantitative estimate of drug-likeness (QED) is 0.352. The van der Waals surface area contributed by atoms with Crippen molar-refractivity contribution < 1.29 is 14.5 Å². The lowest BCUT2D eigenvalue weighted by atomic mass is 9.89. The summed E-state index contributed by atoms with van der Waals surface area (Å²) in [7, 11) is 2.94. The summed E-state index contributed by atoms with van der Waals surface area (Å²) in [6, 6.07) is 4.87. The van der Waals surface area contributed by atoms with Crippen molar-refractivity contribution in [1.82, 2.24) is 4.81 Å². The Morgan fingerprint density at radius 1 is 1.50 bits per heavy atom. The van der Waals surface area contributed by atoms with Gasteiger partial charge in [0.05, 0.1) is 18.2 Å². The second-order valence-corrected chi connectivity index (χ2v) is 4.40. The van der Waals surface area contributed by atoms with E-state index in [1.165, 1.54) is 20.6 Å². The van der Waals surface area contributed by atoms with E-state index in [9.17, 15) is 14.9 Å². The van der Waals surface area contributed by atoms with Gasteiger partial charge in [-0.25, -0.2) is 0 Å². The van der Waals surface area contributed by atoms with E-state index >= 15 is 0 Å². The third kappa shape index (κ3) is 3.05. The molecule has 0 atom stereocenters. The van der Waals surface area contributed by atoms with E-state index in [0.717, 1.165) is 30.3 Å². The molecule has 1 heterocycles. The zero-order valence-electron chi connectivity index (χ0n) is 11.1. The van der Waals surface area contributed by atoms with Crippen LogP contribution in [-0.2, 0) is 4.79 Å². The lowest BCUT2D eigenvalue weighted by Gasteiger charge is -2.24. The molecule has 1 aromatic carbocycles. The molecule has 1 aromatic rings. The maximum Gasteiger partial charge on any atom is 0.310 e. The first kappa shape index (κ1) is 14.3. The third-order valence-corrected chi connectivity index (χ3v) is 3.26. The molecule has 1 aliphatic rings. The molecular formula is C13H14BN2O4. The summed E-state index contributed by atoms with van der Waals surface area (Å²) in [5.41, 5.74) is 1.98. The Kier molecular flexibility index (Phi) is 4.52. The van der Waals surface area contributed by atoms with Crippen LogP contribution in [0.15, 0.2) is 24.3 Å². The highest BCUT2D eigenvalue weighted by molar-refractivity contribution is 6.64. The molecule has 7 heteroatoms. The van der Waals surface area contributed by atoms with E-state index < -0.39 is 4.92 Å². The summed E-state index contributed by atoms with van der Waals surface area (Å²) < 4.78 is 5.07. The Hall–Kier alpha value is -2.15. The fourth-order valence-corrected chi connectivity index (χ4v) is 2.20. The van der Waals surface area contributed by atoms with Crippen LogP contribution in [0.2, 0.25) is 0 Å². The minimum absolute atomic E-state index is 0.0384. The second kappa shape index (κ2) is 6.34. The van der Waals surface area contributed by atoms with Gasteiger partial charge >= 0.3 is 5.69 Å². The number of nitro groups is 1. The van der Waals surface area contributed by atoms with Gasteiger partial charge in [-0.05, 0) is 36.2 Å². The molecule has 20 heavy (non-hydrogen) atoms. The van der Waals surface area contributed by atoms with Crippen LogP contribution in [0.3, 0.4) is 0 Å². The number of methoxy groups -OCH3 is 1. The normalized spacial score (nSPS) is 15.3. The van der Waals surface area contributed by atoms with Crippen LogP contribution >= 0.6 is 0 Å². The van der Waals surface area contributed by atoms with Crippen LogP contribution < -0.4 is 4.74 Å². The van der Waals surface area contributed by atoms with Crippen LogP contribution in [0.1, 0.15) is 12.0 Å². The van der Waals surface area contributed by atoms with Gasteiger partial charge in [-0.15, -0.1) is 0 Å². The summed E-state index contributed by atoms with van der Waals surface area (Å²) in [6.45, 7) is 1.41. The molecule has 1 radical (unpaired) electrons. The van der Waals surface area contributed by atoms with Crippen LogP contribution in [0.4, 0.5) is 5.69 Å². The lowest BCUT2D eigenvalue weighted by molar-refractivity contribution is -0.385. The van der Waals surface area contributed by atoms with Crippen molar-refractivity contribution in [2.45, 2.75) is 6.42 Å². The predicted octanol–water partition coefficient (Wildman–Crippen LogP) is 1.50. The van der Waals surface area contributed by atoms with Gasteiger partial charge in [-0.2, -0.15) is 0 Å². The Morgan fingerprint density at radius 2 is 2.30 bits per heavy atom. The van der Waals surface area contributed by atoms with Crippen LogP contribution in [-0.4, -0.2) is 43.5 Å². The number of nitro benzene ring substituents is 1. The van der Waals surface area contributed by atoms with Crippen molar-refractivity contribution in [1.29, 1.82) is 0 Å². The Morgan fingerprint density at radius 3 is 2.85 bits per heavy atom. The maximum atomic E-state index is 10.9. The van der Waals surface area contributed by atoms with Crippen molar-refractivity contribution in [3.63, 3.8) is 0 Å². The first-order valence-electron chi connectivity index (χ1n) is 6.20. The standard InChI is InChI=1S/C13H14BN2O4/c1-20-13-8-11(2-3-12(13)16(18)19)10-4-6-15(7-5-10)14-9-17/h2-4,8-9H,5-7H2,1H3. The van der Waals surface area contributed by atoms with Gasteiger partial charge < -0.3 is 14.3 Å². The van der Waals surface area contributed by atoms with Crippen LogP contribution in [0, 0.1) is 10.1 Å². The van der Waals surface area contributed by atoms with E-state index in [1.54, 1.807) is 12.1 Å². The van der Waals surface area contributed by atoms with Gasteiger partial charge in [0, 0.05) is 12.6 Å². The molecule has 6 nitrogen and oxygen atoms in total. The SMILES string of the molecule is COc1cc(C2=CCN([B]C=O)CC2)ccc1[N+](=O)[O-]. The molecule has 103 valence electrons. The summed E-state index contributed by atoms with van der Waals surface area (Å²) in [6.07, 6.45) is 3.57. The molecule has 0 spiro atoms. The first-order valence-corrected chi connectivity index (χ1v) is 6.20. The number of hydrogen-bond donors (Lipinski definition) is 0. The first-order chi connectivity index (χ1) is 9.65. The van der Waals surface area contributed by atoms with Gasteiger partial charge in [0.25, 0.3) is 7.41 Å². The molecule has 0 N–H and O–H groups in total. The van der Waals surface area contributed by atoms with Gasteiger partial charge in [0.2, 0.25) is 0 Å². The van der Waals surface area contributed by atoms with Crippen LogP contribution in [0.5, 0.6) is 5.75 Å².